The van der Waals surface area contributed by atoms with Crippen molar-refractivity contribution in [3.8, 4) is 11.1 Å². The molecule has 2 aliphatic heterocycles. The van der Waals surface area contributed by atoms with Crippen LogP contribution in [0.4, 0.5) is 0 Å². The first-order valence-electron chi connectivity index (χ1n) is 16.3. The van der Waals surface area contributed by atoms with Gasteiger partial charge in [0.1, 0.15) is 0 Å². The molecule has 1 amide bonds. The normalized spacial score (nSPS) is 23.3. The first-order valence-corrected chi connectivity index (χ1v) is 16.3. The molecule has 240 valence electrons. The zero-order valence-corrected chi connectivity index (χ0v) is 26.7. The summed E-state index contributed by atoms with van der Waals surface area (Å²) in [6.45, 7) is 5.28. The van der Waals surface area contributed by atoms with Gasteiger partial charge in [0.25, 0.3) is 5.91 Å². The number of amides is 1. The molecule has 7 heteroatoms. The monoisotopic (exact) mass is 620 g/mol. The highest BCUT2D eigenvalue weighted by molar-refractivity contribution is 5.94. The van der Waals surface area contributed by atoms with Gasteiger partial charge in [-0.1, -0.05) is 91.9 Å². The SMILES string of the molecule is COCC1CCCN1CC1OC(c2ccc(-c3cccc(CNC(=O)c4ccccc4)c3)cc2)OC(c2ccc(CO)cc2)C1C. The summed E-state index contributed by atoms with van der Waals surface area (Å²) in [7, 11) is 1.77. The molecule has 2 heterocycles. The van der Waals surface area contributed by atoms with Crippen molar-refractivity contribution in [2.45, 2.75) is 57.5 Å². The van der Waals surface area contributed by atoms with Crippen molar-refractivity contribution >= 4 is 5.91 Å². The first kappa shape index (κ1) is 32.1. The molecule has 2 saturated heterocycles. The van der Waals surface area contributed by atoms with Crippen molar-refractivity contribution in [1.29, 1.82) is 0 Å². The standard InChI is InChI=1S/C39H44N2O5/c1-27-36(24-41-21-7-12-35(41)26-44-2)45-39(46-37(27)31-15-13-28(25-42)14-16-31)33-19-17-30(18-20-33)34-11-6-8-29(22-34)23-40-38(43)32-9-4-3-5-10-32/h3-6,8-11,13-20,22,27,35-37,39,42H,7,12,21,23-26H2,1-2H3,(H,40,43). The zero-order valence-electron chi connectivity index (χ0n) is 26.7. The van der Waals surface area contributed by atoms with E-state index in [1.165, 1.54) is 6.42 Å². The highest BCUT2D eigenvalue weighted by atomic mass is 16.7. The zero-order chi connectivity index (χ0) is 31.9. The van der Waals surface area contributed by atoms with Gasteiger partial charge in [0.2, 0.25) is 0 Å². The summed E-state index contributed by atoms with van der Waals surface area (Å²) in [5, 5.41) is 12.6. The summed E-state index contributed by atoms with van der Waals surface area (Å²) < 4.78 is 19.0. The maximum absolute atomic E-state index is 12.5. The summed E-state index contributed by atoms with van der Waals surface area (Å²) in [6, 6.07) is 34.4. The van der Waals surface area contributed by atoms with Gasteiger partial charge in [-0.05, 0) is 65.4 Å². The van der Waals surface area contributed by atoms with E-state index in [4.69, 9.17) is 14.2 Å². The third kappa shape index (κ3) is 7.57. The van der Waals surface area contributed by atoms with Crippen LogP contribution in [-0.2, 0) is 27.4 Å². The summed E-state index contributed by atoms with van der Waals surface area (Å²) in [4.78, 5) is 15.0. The lowest BCUT2D eigenvalue weighted by Crippen LogP contribution is -2.46. The topological polar surface area (TPSA) is 80.3 Å². The average molecular weight is 621 g/mol. The molecule has 2 fully saturated rings. The molecule has 5 atom stereocenters. The minimum atomic E-state index is -0.513. The number of ether oxygens (including phenoxy) is 3. The van der Waals surface area contributed by atoms with Gasteiger partial charge in [-0.25, -0.2) is 0 Å². The van der Waals surface area contributed by atoms with Crippen LogP contribution in [0.25, 0.3) is 11.1 Å². The molecular weight excluding hydrogens is 576 g/mol. The smallest absolute Gasteiger partial charge is 0.251 e. The predicted molar refractivity (Wildman–Crippen MR) is 179 cm³/mol. The number of rotatable bonds is 11. The lowest BCUT2D eigenvalue weighted by Gasteiger charge is -2.43. The number of carbonyl (C=O) groups excluding carboxylic acids is 1. The van der Waals surface area contributed by atoms with Gasteiger partial charge in [-0.3, -0.25) is 9.69 Å². The van der Waals surface area contributed by atoms with Crippen LogP contribution < -0.4 is 5.32 Å². The number of hydrogen-bond donors (Lipinski definition) is 2. The van der Waals surface area contributed by atoms with Gasteiger partial charge < -0.3 is 24.6 Å². The number of carbonyl (C=O) groups is 1. The molecule has 0 saturated carbocycles. The Labute approximate surface area is 272 Å². The van der Waals surface area contributed by atoms with Crippen LogP contribution >= 0.6 is 0 Å². The highest BCUT2D eigenvalue weighted by Crippen LogP contribution is 2.42. The average Bonchev–Trinajstić information content (AvgIpc) is 3.55. The molecule has 2 N–H and O–H groups in total. The second kappa shape index (κ2) is 15.2. The fourth-order valence-electron chi connectivity index (χ4n) is 6.64. The fraction of sp³-hybridized carbons (Fsp3) is 0.359. The van der Waals surface area contributed by atoms with E-state index in [1.54, 1.807) is 7.11 Å². The second-order valence-electron chi connectivity index (χ2n) is 12.4. The van der Waals surface area contributed by atoms with E-state index in [-0.39, 0.29) is 30.6 Å². The van der Waals surface area contributed by atoms with E-state index < -0.39 is 6.29 Å². The van der Waals surface area contributed by atoms with Gasteiger partial charge >= 0.3 is 0 Å². The van der Waals surface area contributed by atoms with Crippen LogP contribution in [0.2, 0.25) is 0 Å². The minimum Gasteiger partial charge on any atom is -0.392 e. The van der Waals surface area contributed by atoms with Gasteiger partial charge in [0, 0.05) is 43.3 Å². The molecule has 5 unspecified atom stereocenters. The second-order valence-corrected chi connectivity index (χ2v) is 12.4. The molecule has 7 nitrogen and oxygen atoms in total. The molecule has 0 aromatic heterocycles. The molecule has 6 rings (SSSR count). The quantitative estimate of drug-likeness (QED) is 0.195. The lowest BCUT2D eigenvalue weighted by molar-refractivity contribution is -0.276. The van der Waals surface area contributed by atoms with Crippen molar-refractivity contribution in [1.82, 2.24) is 10.2 Å². The van der Waals surface area contributed by atoms with E-state index >= 15 is 0 Å². The van der Waals surface area contributed by atoms with E-state index in [0.29, 0.717) is 18.2 Å². The summed E-state index contributed by atoms with van der Waals surface area (Å²) in [6.07, 6.45) is 1.62. The van der Waals surface area contributed by atoms with Crippen LogP contribution in [0.15, 0.2) is 103 Å². The summed E-state index contributed by atoms with van der Waals surface area (Å²) >= 11 is 0. The number of methoxy groups -OCH3 is 1. The Balaban J connectivity index is 1.18. The molecule has 4 aromatic carbocycles. The Kier molecular flexibility index (Phi) is 10.6. The summed E-state index contributed by atoms with van der Waals surface area (Å²) in [5.41, 5.74) is 6.79. The molecule has 2 aliphatic rings. The third-order valence-electron chi connectivity index (χ3n) is 9.33. The number of benzene rings is 4. The minimum absolute atomic E-state index is 0.0170. The Hall–Kier alpha value is -3.85. The van der Waals surface area contributed by atoms with Crippen molar-refractivity contribution in [3.63, 3.8) is 0 Å². The van der Waals surface area contributed by atoms with Crippen molar-refractivity contribution in [2.75, 3.05) is 26.8 Å². The largest absolute Gasteiger partial charge is 0.392 e. The Bertz CT molecular complexity index is 1560. The van der Waals surface area contributed by atoms with Crippen molar-refractivity contribution in [2.24, 2.45) is 5.92 Å². The number of aliphatic hydroxyl groups is 1. The van der Waals surface area contributed by atoms with Crippen molar-refractivity contribution < 1.29 is 24.1 Å². The van der Waals surface area contributed by atoms with Crippen LogP contribution in [0.1, 0.15) is 64.8 Å². The molecule has 0 aliphatic carbocycles. The lowest BCUT2D eigenvalue weighted by atomic mass is 9.89. The molecule has 0 spiro atoms. The van der Waals surface area contributed by atoms with E-state index in [9.17, 15) is 9.90 Å². The van der Waals surface area contributed by atoms with E-state index in [1.807, 2.05) is 54.6 Å². The number of hydrogen-bond acceptors (Lipinski definition) is 6. The maximum atomic E-state index is 12.5. The number of nitrogens with one attached hydrogen (secondary N) is 1. The van der Waals surface area contributed by atoms with Crippen LogP contribution in [0, 0.1) is 5.92 Å². The number of likely N-dealkylation sites (tertiary alicyclic amines) is 1. The fourth-order valence-corrected chi connectivity index (χ4v) is 6.64. The molecular formula is C39H44N2O5. The first-order chi connectivity index (χ1) is 22.5. The predicted octanol–water partition coefficient (Wildman–Crippen LogP) is 6.68. The molecule has 46 heavy (non-hydrogen) atoms. The maximum Gasteiger partial charge on any atom is 0.251 e. The molecule has 4 aromatic rings. The number of nitrogens with zero attached hydrogens (tertiary/aromatic N) is 1. The van der Waals surface area contributed by atoms with Crippen LogP contribution in [-0.4, -0.2) is 54.9 Å². The van der Waals surface area contributed by atoms with Crippen molar-refractivity contribution in [3.05, 3.63) is 131 Å². The Morgan fingerprint density at radius 2 is 1.65 bits per heavy atom. The van der Waals surface area contributed by atoms with Crippen LogP contribution in [0.3, 0.4) is 0 Å². The number of aliphatic hydroxyl groups excluding tert-OH is 1. The van der Waals surface area contributed by atoms with E-state index in [0.717, 1.165) is 59.5 Å². The Morgan fingerprint density at radius 3 is 2.39 bits per heavy atom. The van der Waals surface area contributed by atoms with Gasteiger partial charge in [0.15, 0.2) is 6.29 Å². The third-order valence-corrected chi connectivity index (χ3v) is 9.33. The van der Waals surface area contributed by atoms with E-state index in [2.05, 4.69) is 65.7 Å². The van der Waals surface area contributed by atoms with Crippen LogP contribution in [0.5, 0.6) is 0 Å². The van der Waals surface area contributed by atoms with Gasteiger partial charge in [-0.2, -0.15) is 0 Å². The summed E-state index contributed by atoms with van der Waals surface area (Å²) in [5.74, 6) is 0.0430. The molecule has 0 bridgehead atoms. The molecule has 0 radical (unpaired) electrons. The Morgan fingerprint density at radius 1 is 0.891 bits per heavy atom. The van der Waals surface area contributed by atoms with Gasteiger partial charge in [0.05, 0.1) is 25.4 Å². The highest BCUT2D eigenvalue weighted by Gasteiger charge is 2.40. The van der Waals surface area contributed by atoms with Gasteiger partial charge in [-0.15, -0.1) is 0 Å².